The molecule has 2 N–H and O–H groups in total. The van der Waals surface area contributed by atoms with Gasteiger partial charge in [0.1, 0.15) is 5.60 Å². The van der Waals surface area contributed by atoms with E-state index in [9.17, 15) is 14.7 Å². The molecule has 0 aliphatic rings. The third-order valence-electron chi connectivity index (χ3n) is 2.13. The Morgan fingerprint density at radius 2 is 1.89 bits per heavy atom. The normalized spacial score (nSPS) is 12.5. The van der Waals surface area contributed by atoms with Crippen LogP contribution >= 0.6 is 0 Å². The van der Waals surface area contributed by atoms with Crippen LogP contribution in [0.4, 0.5) is 4.79 Å². The number of ether oxygens (including phenoxy) is 1. The largest absolute Gasteiger partial charge is 0.444 e. The molecular weight excluding hydrogens is 246 g/mol. The lowest BCUT2D eigenvalue weighted by Crippen LogP contribution is -2.41. The predicted octanol–water partition coefficient (Wildman–Crippen LogP) is 2.19. The number of carbonyl (C=O) groups excluding carboxylic acids is 2. The highest BCUT2D eigenvalue weighted by Gasteiger charge is 2.19. The summed E-state index contributed by atoms with van der Waals surface area (Å²) in [6, 6.07) is -0.468. The van der Waals surface area contributed by atoms with E-state index in [-0.39, 0.29) is 18.8 Å². The van der Waals surface area contributed by atoms with E-state index < -0.39 is 17.7 Å². The monoisotopic (exact) mass is 271 g/mol. The maximum absolute atomic E-state index is 11.5. The van der Waals surface area contributed by atoms with E-state index in [1.807, 2.05) is 13.8 Å². The number of aliphatic hydroxyl groups is 1. The molecule has 0 saturated heterocycles. The number of carbonyl (C=O) groups is 2. The molecule has 0 fully saturated rings. The number of aliphatic hydroxyl groups excluding tert-OH is 1. The number of allylic oxidation sites excluding steroid dienone is 2. The van der Waals surface area contributed by atoms with Crippen molar-refractivity contribution in [2.24, 2.45) is 0 Å². The third-order valence-corrected chi connectivity index (χ3v) is 2.13. The molecule has 0 aromatic rings. The van der Waals surface area contributed by atoms with Crippen molar-refractivity contribution in [3.8, 4) is 0 Å². The van der Waals surface area contributed by atoms with Crippen LogP contribution in [-0.2, 0) is 9.53 Å². The average Bonchev–Trinajstić information content (AvgIpc) is 2.20. The van der Waals surface area contributed by atoms with Gasteiger partial charge in [0.25, 0.3) is 0 Å². The maximum Gasteiger partial charge on any atom is 0.407 e. The van der Waals surface area contributed by atoms with E-state index in [2.05, 4.69) is 5.32 Å². The minimum absolute atomic E-state index is 0.00978. The molecular formula is C14H25NO4. The minimum Gasteiger partial charge on any atom is -0.444 e. The molecule has 0 radical (unpaired) electrons. The van der Waals surface area contributed by atoms with E-state index >= 15 is 0 Å². The van der Waals surface area contributed by atoms with Crippen LogP contribution in [0.5, 0.6) is 0 Å². The fourth-order valence-electron chi connectivity index (χ4n) is 1.39. The molecule has 0 heterocycles. The van der Waals surface area contributed by atoms with Gasteiger partial charge in [-0.1, -0.05) is 5.57 Å². The maximum atomic E-state index is 11.5. The van der Waals surface area contributed by atoms with Gasteiger partial charge in [-0.3, -0.25) is 4.79 Å². The molecule has 1 amide bonds. The fraction of sp³-hybridized carbons (Fsp3) is 0.714. The van der Waals surface area contributed by atoms with Crippen molar-refractivity contribution >= 4 is 11.9 Å². The summed E-state index contributed by atoms with van der Waals surface area (Å²) in [5, 5.41) is 11.7. The van der Waals surface area contributed by atoms with E-state index in [1.54, 1.807) is 26.8 Å². The zero-order valence-corrected chi connectivity index (χ0v) is 12.4. The average molecular weight is 271 g/mol. The van der Waals surface area contributed by atoms with Crippen molar-refractivity contribution in [3.05, 3.63) is 11.6 Å². The van der Waals surface area contributed by atoms with Gasteiger partial charge in [-0.25, -0.2) is 4.79 Å². The highest BCUT2D eigenvalue weighted by molar-refractivity contribution is 5.90. The summed E-state index contributed by atoms with van der Waals surface area (Å²) in [4.78, 5) is 23.0. The number of hydrogen-bond acceptors (Lipinski definition) is 4. The topological polar surface area (TPSA) is 75.6 Å². The number of alkyl carbamates (subject to hydrolysis) is 1. The molecule has 0 aromatic carbocycles. The lowest BCUT2D eigenvalue weighted by molar-refractivity contribution is -0.114. The first-order chi connectivity index (χ1) is 8.64. The zero-order chi connectivity index (χ0) is 15.1. The Morgan fingerprint density at radius 1 is 1.32 bits per heavy atom. The highest BCUT2D eigenvalue weighted by Crippen LogP contribution is 2.08. The van der Waals surface area contributed by atoms with Gasteiger partial charge in [0.2, 0.25) is 0 Å². The quantitative estimate of drug-likeness (QED) is 0.726. The van der Waals surface area contributed by atoms with Crippen LogP contribution in [0.1, 0.15) is 47.5 Å². The van der Waals surface area contributed by atoms with Gasteiger partial charge in [-0.15, -0.1) is 0 Å². The molecule has 5 nitrogen and oxygen atoms in total. The Hall–Kier alpha value is -1.36. The molecule has 1 unspecified atom stereocenters. The summed E-state index contributed by atoms with van der Waals surface area (Å²) in [5.41, 5.74) is 0.354. The number of amides is 1. The van der Waals surface area contributed by atoms with Crippen molar-refractivity contribution in [2.45, 2.75) is 59.1 Å². The molecule has 0 aliphatic heterocycles. The van der Waals surface area contributed by atoms with Crippen LogP contribution < -0.4 is 5.32 Å². The van der Waals surface area contributed by atoms with Crippen LogP contribution in [0.2, 0.25) is 0 Å². The van der Waals surface area contributed by atoms with Crippen LogP contribution in [-0.4, -0.2) is 35.2 Å². The number of ketones is 1. The predicted molar refractivity (Wildman–Crippen MR) is 73.9 cm³/mol. The molecule has 0 spiro atoms. The summed E-state index contributed by atoms with van der Waals surface area (Å²) in [6.45, 7) is 8.76. The molecule has 1 atom stereocenters. The molecule has 110 valence electrons. The molecule has 0 saturated carbocycles. The van der Waals surface area contributed by atoms with Crippen molar-refractivity contribution in [1.29, 1.82) is 0 Å². The number of hydrogen-bond donors (Lipinski definition) is 2. The van der Waals surface area contributed by atoms with Crippen molar-refractivity contribution in [3.63, 3.8) is 0 Å². The summed E-state index contributed by atoms with van der Waals surface area (Å²) in [5.74, 6) is -0.00978. The summed E-state index contributed by atoms with van der Waals surface area (Å²) in [6.07, 6.45) is 1.65. The Kier molecular flexibility index (Phi) is 7.37. The lowest BCUT2D eigenvalue weighted by Gasteiger charge is -2.22. The first-order valence-electron chi connectivity index (χ1n) is 6.42. The van der Waals surface area contributed by atoms with Gasteiger partial charge < -0.3 is 15.2 Å². The van der Waals surface area contributed by atoms with Gasteiger partial charge in [-0.05, 0) is 47.1 Å². The second-order valence-corrected chi connectivity index (χ2v) is 5.75. The fourth-order valence-corrected chi connectivity index (χ4v) is 1.39. The van der Waals surface area contributed by atoms with Crippen molar-refractivity contribution in [1.82, 2.24) is 5.32 Å². The Bertz CT molecular complexity index is 338. The van der Waals surface area contributed by atoms with Gasteiger partial charge in [0.05, 0.1) is 12.6 Å². The highest BCUT2D eigenvalue weighted by atomic mass is 16.6. The van der Waals surface area contributed by atoms with Crippen LogP contribution in [0.15, 0.2) is 11.6 Å². The van der Waals surface area contributed by atoms with Crippen molar-refractivity contribution in [2.75, 3.05) is 6.61 Å². The van der Waals surface area contributed by atoms with Gasteiger partial charge in [0.15, 0.2) is 5.78 Å². The Balaban J connectivity index is 4.19. The summed E-state index contributed by atoms with van der Waals surface area (Å²) in [7, 11) is 0. The van der Waals surface area contributed by atoms with Crippen LogP contribution in [0.3, 0.4) is 0 Å². The second-order valence-electron chi connectivity index (χ2n) is 5.75. The van der Waals surface area contributed by atoms with Gasteiger partial charge >= 0.3 is 6.09 Å². The Morgan fingerprint density at radius 3 is 2.32 bits per heavy atom. The SMILES string of the molecule is CC(C)=CC(=O)CCC(CO)NC(=O)OC(C)(C)C. The van der Waals surface area contributed by atoms with Gasteiger partial charge in [-0.2, -0.15) is 0 Å². The van der Waals surface area contributed by atoms with E-state index in [0.717, 1.165) is 5.57 Å². The van der Waals surface area contributed by atoms with Crippen molar-refractivity contribution < 1.29 is 19.4 Å². The Labute approximate surface area is 115 Å². The first-order valence-corrected chi connectivity index (χ1v) is 6.42. The lowest BCUT2D eigenvalue weighted by atomic mass is 10.1. The molecule has 0 aromatic heterocycles. The summed E-state index contributed by atoms with van der Waals surface area (Å²) >= 11 is 0. The number of nitrogens with one attached hydrogen (secondary N) is 1. The standard InChI is InChI=1S/C14H25NO4/c1-10(2)8-12(17)7-6-11(9-16)15-13(18)19-14(3,4)5/h8,11,16H,6-7,9H2,1-5H3,(H,15,18). The molecule has 0 bridgehead atoms. The second kappa shape index (κ2) is 7.94. The van der Waals surface area contributed by atoms with E-state index in [1.165, 1.54) is 0 Å². The molecule has 5 heteroatoms. The smallest absolute Gasteiger partial charge is 0.407 e. The molecule has 0 rings (SSSR count). The minimum atomic E-state index is -0.582. The van der Waals surface area contributed by atoms with Crippen LogP contribution in [0.25, 0.3) is 0 Å². The third kappa shape index (κ3) is 10.3. The van der Waals surface area contributed by atoms with Crippen LogP contribution in [0, 0.1) is 0 Å². The van der Waals surface area contributed by atoms with E-state index in [4.69, 9.17) is 4.74 Å². The van der Waals surface area contributed by atoms with Gasteiger partial charge in [0, 0.05) is 6.42 Å². The summed E-state index contributed by atoms with van der Waals surface area (Å²) < 4.78 is 5.08. The number of rotatable bonds is 6. The first kappa shape index (κ1) is 17.6. The molecule has 0 aliphatic carbocycles. The zero-order valence-electron chi connectivity index (χ0n) is 12.4. The molecule has 19 heavy (non-hydrogen) atoms. The van der Waals surface area contributed by atoms with E-state index in [0.29, 0.717) is 6.42 Å².